The number of halogens is 8. The third kappa shape index (κ3) is 6.26. The van der Waals surface area contributed by atoms with Crippen LogP contribution in [0.1, 0.15) is 27.0 Å². The maximum absolute atomic E-state index is 14.0. The van der Waals surface area contributed by atoms with Crippen molar-refractivity contribution in [1.82, 2.24) is 0 Å². The third-order valence-electron chi connectivity index (χ3n) is 6.82. The summed E-state index contributed by atoms with van der Waals surface area (Å²) in [6.45, 7) is 0. The average Bonchev–Trinajstić information content (AvgIpc) is 2.96. The number of carbonyl (C=O) groups is 1. The molecule has 43 heavy (non-hydrogen) atoms. The summed E-state index contributed by atoms with van der Waals surface area (Å²) in [7, 11) is 0. The summed E-state index contributed by atoms with van der Waals surface area (Å²) in [5.41, 5.74) is 4.27. The van der Waals surface area contributed by atoms with E-state index in [2.05, 4.69) is 0 Å². The number of hydrogen-bond acceptors (Lipinski definition) is 2. The highest BCUT2D eigenvalue weighted by Gasteiger charge is 2.38. The SMILES string of the molecule is Nc1c(C(=O)c2ccc(Cl)cc2)c(-c2ccccc2)cc(-c2ccc(Cl)cc2)c1-c1cc(C(F)(F)F)cc(C(F)(F)F)c1. The van der Waals surface area contributed by atoms with Crippen molar-refractivity contribution in [2.75, 3.05) is 5.73 Å². The first-order valence-corrected chi connectivity index (χ1v) is 13.4. The number of hydrogen-bond donors (Lipinski definition) is 1. The minimum Gasteiger partial charge on any atom is -0.398 e. The van der Waals surface area contributed by atoms with Crippen molar-refractivity contribution >= 4 is 34.7 Å². The lowest BCUT2D eigenvalue weighted by molar-refractivity contribution is -0.143. The first-order chi connectivity index (χ1) is 20.2. The van der Waals surface area contributed by atoms with Crippen LogP contribution >= 0.6 is 23.2 Å². The first-order valence-electron chi connectivity index (χ1n) is 12.6. The number of anilines is 1. The van der Waals surface area contributed by atoms with E-state index in [9.17, 15) is 31.1 Å². The number of nitrogens with two attached hydrogens (primary N) is 1. The largest absolute Gasteiger partial charge is 0.416 e. The van der Waals surface area contributed by atoms with Crippen molar-refractivity contribution in [2.45, 2.75) is 12.4 Å². The Hall–Kier alpha value is -4.27. The first kappa shape index (κ1) is 30.2. The molecule has 0 bridgehead atoms. The Morgan fingerprint density at radius 3 is 1.58 bits per heavy atom. The normalized spacial score (nSPS) is 11.9. The average molecular weight is 630 g/mol. The minimum absolute atomic E-state index is 0.0414. The molecule has 0 spiro atoms. The zero-order valence-electron chi connectivity index (χ0n) is 21.8. The summed E-state index contributed by atoms with van der Waals surface area (Å²) in [5.74, 6) is -0.597. The van der Waals surface area contributed by atoms with Gasteiger partial charge in [-0.3, -0.25) is 4.79 Å². The number of alkyl halides is 6. The second-order valence-electron chi connectivity index (χ2n) is 9.64. The van der Waals surface area contributed by atoms with Crippen molar-refractivity contribution in [3.05, 3.63) is 135 Å². The number of rotatable bonds is 5. The van der Waals surface area contributed by atoms with Gasteiger partial charge in [0.25, 0.3) is 0 Å². The highest BCUT2D eigenvalue weighted by molar-refractivity contribution is 6.31. The maximum Gasteiger partial charge on any atom is 0.416 e. The second kappa shape index (κ2) is 11.4. The fraction of sp³-hybridized carbons (Fsp3) is 0.0606. The van der Waals surface area contributed by atoms with E-state index in [-0.39, 0.29) is 34.0 Å². The molecule has 0 amide bonds. The van der Waals surface area contributed by atoms with Crippen LogP contribution in [0.5, 0.6) is 0 Å². The van der Waals surface area contributed by atoms with Crippen molar-refractivity contribution in [2.24, 2.45) is 0 Å². The van der Waals surface area contributed by atoms with Gasteiger partial charge in [0.1, 0.15) is 0 Å². The van der Waals surface area contributed by atoms with E-state index < -0.39 is 34.8 Å². The van der Waals surface area contributed by atoms with Gasteiger partial charge in [0.2, 0.25) is 0 Å². The fourth-order valence-electron chi connectivity index (χ4n) is 4.81. The van der Waals surface area contributed by atoms with Gasteiger partial charge < -0.3 is 5.73 Å². The van der Waals surface area contributed by atoms with Crippen LogP contribution in [0.4, 0.5) is 32.0 Å². The summed E-state index contributed by atoms with van der Waals surface area (Å²) >= 11 is 12.1. The molecule has 5 aromatic rings. The van der Waals surface area contributed by atoms with Gasteiger partial charge in [-0.15, -0.1) is 0 Å². The van der Waals surface area contributed by atoms with Gasteiger partial charge in [0.15, 0.2) is 5.78 Å². The monoisotopic (exact) mass is 629 g/mol. The molecular formula is C33H19Cl2F6NO. The summed E-state index contributed by atoms with van der Waals surface area (Å²) in [4.78, 5) is 14.0. The second-order valence-corrected chi connectivity index (χ2v) is 10.5. The zero-order valence-corrected chi connectivity index (χ0v) is 23.3. The van der Waals surface area contributed by atoms with Crippen molar-refractivity contribution in [3.8, 4) is 33.4 Å². The predicted molar refractivity (Wildman–Crippen MR) is 157 cm³/mol. The summed E-state index contributed by atoms with van der Waals surface area (Å²) in [5, 5.41) is 0.713. The Labute approximate surface area is 252 Å². The molecule has 218 valence electrons. The standard InChI is InChI=1S/C33H19Cl2F6NO/c34-24-10-6-19(7-11-24)26-17-27(18-4-2-1-3-5-18)29(31(43)20-8-12-25(35)13-9-20)30(42)28(26)21-14-22(32(36,37)38)16-23(15-21)33(39,40)41/h1-17H,42H2. The lowest BCUT2D eigenvalue weighted by atomic mass is 9.83. The van der Waals surface area contributed by atoms with Crippen LogP contribution in [0, 0.1) is 0 Å². The minimum atomic E-state index is -5.10. The molecule has 0 aliphatic rings. The van der Waals surface area contributed by atoms with Crippen LogP contribution in [-0.2, 0) is 12.4 Å². The molecule has 2 nitrogen and oxygen atoms in total. The highest BCUT2D eigenvalue weighted by atomic mass is 35.5. The molecule has 0 aromatic heterocycles. The Morgan fingerprint density at radius 1 is 0.581 bits per heavy atom. The predicted octanol–water partition coefficient (Wildman–Crippen LogP) is 10.8. The molecule has 5 rings (SSSR count). The van der Waals surface area contributed by atoms with Crippen LogP contribution in [0.3, 0.4) is 0 Å². The maximum atomic E-state index is 14.0. The van der Waals surface area contributed by atoms with Gasteiger partial charge in [-0.1, -0.05) is 65.7 Å². The smallest absolute Gasteiger partial charge is 0.398 e. The third-order valence-corrected chi connectivity index (χ3v) is 7.32. The van der Waals surface area contributed by atoms with Gasteiger partial charge in [-0.2, -0.15) is 26.3 Å². The van der Waals surface area contributed by atoms with E-state index in [1.807, 2.05) is 0 Å². The van der Waals surface area contributed by atoms with Gasteiger partial charge in [-0.25, -0.2) is 0 Å². The van der Waals surface area contributed by atoms with E-state index in [1.54, 1.807) is 48.5 Å². The lowest BCUT2D eigenvalue weighted by Gasteiger charge is -2.22. The van der Waals surface area contributed by atoms with Gasteiger partial charge >= 0.3 is 12.4 Å². The Balaban J connectivity index is 1.93. The molecule has 0 atom stereocenters. The number of ketones is 1. The zero-order chi connectivity index (χ0) is 31.1. The van der Waals surface area contributed by atoms with Crippen LogP contribution in [0.2, 0.25) is 10.0 Å². The molecule has 0 heterocycles. The molecule has 0 radical (unpaired) electrons. The van der Waals surface area contributed by atoms with Gasteiger partial charge in [0.05, 0.1) is 22.4 Å². The van der Waals surface area contributed by atoms with Crippen molar-refractivity contribution in [3.63, 3.8) is 0 Å². The number of carbonyl (C=O) groups excluding carboxylic acids is 1. The van der Waals surface area contributed by atoms with Crippen molar-refractivity contribution < 1.29 is 31.1 Å². The molecule has 0 fully saturated rings. The molecule has 10 heteroatoms. The molecule has 0 aliphatic carbocycles. The summed E-state index contributed by atoms with van der Waals surface area (Å²) in [6.07, 6.45) is -10.2. The fourth-order valence-corrected chi connectivity index (χ4v) is 5.06. The van der Waals surface area contributed by atoms with Crippen LogP contribution in [0.25, 0.3) is 33.4 Å². The van der Waals surface area contributed by atoms with E-state index in [1.165, 1.54) is 36.4 Å². The van der Waals surface area contributed by atoms with Crippen LogP contribution in [0.15, 0.2) is 103 Å². The van der Waals surface area contributed by atoms with Crippen molar-refractivity contribution in [1.29, 1.82) is 0 Å². The van der Waals surface area contributed by atoms with E-state index in [0.717, 1.165) is 0 Å². The van der Waals surface area contributed by atoms with E-state index in [4.69, 9.17) is 28.9 Å². The summed E-state index contributed by atoms with van der Waals surface area (Å²) in [6, 6.07) is 23.5. The topological polar surface area (TPSA) is 43.1 Å². The molecule has 5 aromatic carbocycles. The lowest BCUT2D eigenvalue weighted by Crippen LogP contribution is -2.13. The Kier molecular flexibility index (Phi) is 8.03. The van der Waals surface area contributed by atoms with Gasteiger partial charge in [0, 0.05) is 21.2 Å². The molecule has 2 N–H and O–H groups in total. The van der Waals surface area contributed by atoms with E-state index >= 15 is 0 Å². The van der Waals surface area contributed by atoms with Crippen LogP contribution in [-0.4, -0.2) is 5.78 Å². The molecular weight excluding hydrogens is 611 g/mol. The number of nitrogen functional groups attached to an aromatic ring is 1. The van der Waals surface area contributed by atoms with Gasteiger partial charge in [-0.05, 0) is 88.5 Å². The Bertz CT molecular complexity index is 1780. The molecule has 0 unspecified atom stereocenters. The molecule has 0 saturated heterocycles. The summed E-state index contributed by atoms with van der Waals surface area (Å²) < 4.78 is 83.3. The molecule has 0 saturated carbocycles. The molecule has 0 aliphatic heterocycles. The number of benzene rings is 5. The van der Waals surface area contributed by atoms with E-state index in [0.29, 0.717) is 38.9 Å². The van der Waals surface area contributed by atoms with Crippen LogP contribution < -0.4 is 5.73 Å². The quantitative estimate of drug-likeness (QED) is 0.119. The highest BCUT2D eigenvalue weighted by Crippen LogP contribution is 2.47. The Morgan fingerprint density at radius 2 is 1.07 bits per heavy atom.